The minimum absolute atomic E-state index is 0.0287. The smallest absolute Gasteiger partial charge is 0.264 e. The number of hydrogen-bond acceptors (Lipinski definition) is 3. The fraction of sp³-hybridized carbons (Fsp3) is 0.263. The van der Waals surface area contributed by atoms with Gasteiger partial charge in [0.05, 0.1) is 18.0 Å². The van der Waals surface area contributed by atoms with Crippen LogP contribution in [0.2, 0.25) is 5.02 Å². The molecule has 0 unspecified atom stereocenters. The van der Waals surface area contributed by atoms with E-state index >= 15 is 0 Å². The molecule has 1 aliphatic carbocycles. The van der Waals surface area contributed by atoms with E-state index in [0.29, 0.717) is 17.1 Å². The van der Waals surface area contributed by atoms with E-state index in [1.807, 2.05) is 27.0 Å². The zero-order chi connectivity index (χ0) is 18.1. The van der Waals surface area contributed by atoms with E-state index in [4.69, 9.17) is 11.6 Å². The van der Waals surface area contributed by atoms with Gasteiger partial charge in [0.1, 0.15) is 11.6 Å². The summed E-state index contributed by atoms with van der Waals surface area (Å²) in [5.41, 5.74) is 0.427. The third-order valence-electron chi connectivity index (χ3n) is 4.48. The second-order valence-corrected chi connectivity index (χ2v) is 7.67. The summed E-state index contributed by atoms with van der Waals surface area (Å²) in [5.74, 6) is 0.410. The number of aromatic nitrogens is 2. The number of thiophene rings is 1. The van der Waals surface area contributed by atoms with Crippen LogP contribution >= 0.6 is 22.9 Å². The van der Waals surface area contributed by atoms with Gasteiger partial charge in [-0.1, -0.05) is 23.7 Å². The normalized spacial score (nSPS) is 13.8. The predicted molar refractivity (Wildman–Crippen MR) is 100.0 cm³/mol. The molecule has 0 saturated heterocycles. The van der Waals surface area contributed by atoms with Crippen LogP contribution in [-0.4, -0.2) is 26.4 Å². The Hall–Kier alpha value is -2.18. The van der Waals surface area contributed by atoms with Crippen molar-refractivity contribution in [1.29, 1.82) is 0 Å². The highest BCUT2D eigenvalue weighted by Gasteiger charge is 2.34. The number of imidazole rings is 1. The largest absolute Gasteiger partial charge is 0.329 e. The lowest BCUT2D eigenvalue weighted by Crippen LogP contribution is -2.33. The van der Waals surface area contributed by atoms with Gasteiger partial charge in [-0.2, -0.15) is 0 Å². The van der Waals surface area contributed by atoms with Gasteiger partial charge in [-0.25, -0.2) is 9.37 Å². The molecule has 1 amide bonds. The van der Waals surface area contributed by atoms with Crippen LogP contribution in [0.4, 0.5) is 4.39 Å². The van der Waals surface area contributed by atoms with Gasteiger partial charge in [-0.3, -0.25) is 4.79 Å². The topological polar surface area (TPSA) is 38.1 Å². The van der Waals surface area contributed by atoms with Crippen molar-refractivity contribution in [3.8, 4) is 0 Å². The van der Waals surface area contributed by atoms with Crippen LogP contribution in [0.1, 0.15) is 33.9 Å². The monoisotopic (exact) mass is 389 g/mol. The van der Waals surface area contributed by atoms with Gasteiger partial charge in [0.2, 0.25) is 0 Å². The molecule has 0 atom stereocenters. The Labute approximate surface area is 159 Å². The average molecular weight is 390 g/mol. The molecule has 4 rings (SSSR count). The maximum Gasteiger partial charge on any atom is 0.264 e. The third-order valence-corrected chi connectivity index (χ3v) is 5.70. The zero-order valence-electron chi connectivity index (χ0n) is 13.9. The van der Waals surface area contributed by atoms with Crippen molar-refractivity contribution in [1.82, 2.24) is 14.5 Å². The first kappa shape index (κ1) is 17.2. The second kappa shape index (κ2) is 7.21. The number of amides is 1. The molecule has 0 N–H and O–H groups in total. The summed E-state index contributed by atoms with van der Waals surface area (Å²) in [6, 6.07) is 8.64. The number of halogens is 2. The SMILES string of the molecule is O=C(c1cccs1)N(Cc1nccn1Cc1c(F)cccc1Cl)C1CC1. The molecule has 7 heteroatoms. The van der Waals surface area contributed by atoms with Gasteiger partial charge in [-0.15, -0.1) is 11.3 Å². The molecule has 0 radical (unpaired) electrons. The fourth-order valence-corrected chi connectivity index (χ4v) is 3.84. The lowest BCUT2D eigenvalue weighted by atomic mass is 10.2. The van der Waals surface area contributed by atoms with Gasteiger partial charge in [0.15, 0.2) is 0 Å². The Balaban J connectivity index is 1.57. The molecule has 0 spiro atoms. The van der Waals surface area contributed by atoms with E-state index < -0.39 is 0 Å². The summed E-state index contributed by atoms with van der Waals surface area (Å²) < 4.78 is 16.0. The molecule has 4 nitrogen and oxygen atoms in total. The molecule has 134 valence electrons. The predicted octanol–water partition coefficient (Wildman–Crippen LogP) is 4.59. The highest BCUT2D eigenvalue weighted by Crippen LogP contribution is 2.30. The molecule has 0 aliphatic heterocycles. The van der Waals surface area contributed by atoms with Crippen LogP contribution in [0, 0.1) is 5.82 Å². The van der Waals surface area contributed by atoms with Crippen molar-refractivity contribution in [2.45, 2.75) is 32.0 Å². The van der Waals surface area contributed by atoms with Crippen molar-refractivity contribution in [3.63, 3.8) is 0 Å². The van der Waals surface area contributed by atoms with Crippen LogP contribution in [-0.2, 0) is 13.1 Å². The maximum absolute atomic E-state index is 14.1. The fourth-order valence-electron chi connectivity index (χ4n) is 2.94. The Morgan fingerprint density at radius 2 is 2.19 bits per heavy atom. The first-order chi connectivity index (χ1) is 12.6. The van der Waals surface area contributed by atoms with Crippen molar-refractivity contribution in [2.75, 3.05) is 0 Å². The molecule has 1 aliphatic rings. The summed E-state index contributed by atoms with van der Waals surface area (Å²) >= 11 is 7.59. The second-order valence-electron chi connectivity index (χ2n) is 6.31. The number of hydrogen-bond donors (Lipinski definition) is 0. The molecule has 0 bridgehead atoms. The van der Waals surface area contributed by atoms with E-state index in [-0.39, 0.29) is 24.3 Å². The lowest BCUT2D eigenvalue weighted by Gasteiger charge is -2.22. The van der Waals surface area contributed by atoms with Gasteiger partial charge < -0.3 is 9.47 Å². The quantitative estimate of drug-likeness (QED) is 0.618. The van der Waals surface area contributed by atoms with Gasteiger partial charge in [0.25, 0.3) is 5.91 Å². The van der Waals surface area contributed by atoms with Crippen molar-refractivity contribution >= 4 is 28.8 Å². The number of benzene rings is 1. The summed E-state index contributed by atoms with van der Waals surface area (Å²) in [5, 5.41) is 2.29. The number of nitrogens with zero attached hydrogens (tertiary/aromatic N) is 3. The molecule has 1 saturated carbocycles. The van der Waals surface area contributed by atoms with E-state index in [9.17, 15) is 9.18 Å². The van der Waals surface area contributed by atoms with Gasteiger partial charge in [0, 0.05) is 29.0 Å². The van der Waals surface area contributed by atoms with E-state index in [1.165, 1.54) is 17.4 Å². The number of carbonyl (C=O) groups is 1. The molecular weight excluding hydrogens is 373 g/mol. The Bertz CT molecular complexity index is 901. The highest BCUT2D eigenvalue weighted by molar-refractivity contribution is 7.12. The first-order valence-corrected chi connectivity index (χ1v) is 9.66. The molecule has 2 heterocycles. The molecule has 3 aromatic rings. The van der Waals surface area contributed by atoms with Crippen molar-refractivity contribution < 1.29 is 9.18 Å². The van der Waals surface area contributed by atoms with Crippen LogP contribution < -0.4 is 0 Å². The summed E-state index contributed by atoms with van der Waals surface area (Å²) in [6.07, 6.45) is 5.48. The van der Waals surface area contributed by atoms with E-state index in [1.54, 1.807) is 24.5 Å². The number of rotatable bonds is 6. The minimum Gasteiger partial charge on any atom is -0.329 e. The first-order valence-electron chi connectivity index (χ1n) is 8.41. The summed E-state index contributed by atoms with van der Waals surface area (Å²) in [7, 11) is 0. The van der Waals surface area contributed by atoms with E-state index in [0.717, 1.165) is 23.5 Å². The van der Waals surface area contributed by atoms with E-state index in [2.05, 4.69) is 4.98 Å². The van der Waals surface area contributed by atoms with Crippen molar-refractivity contribution in [3.05, 3.63) is 75.2 Å². The third kappa shape index (κ3) is 3.52. The van der Waals surface area contributed by atoms with Crippen LogP contribution in [0.25, 0.3) is 0 Å². The van der Waals surface area contributed by atoms with Crippen LogP contribution in [0.15, 0.2) is 48.1 Å². The minimum atomic E-state index is -0.342. The Kier molecular flexibility index (Phi) is 4.78. The Morgan fingerprint density at radius 3 is 2.88 bits per heavy atom. The van der Waals surface area contributed by atoms with Crippen LogP contribution in [0.5, 0.6) is 0 Å². The molecule has 2 aromatic heterocycles. The average Bonchev–Trinajstić information content (AvgIpc) is 3.14. The van der Waals surface area contributed by atoms with Gasteiger partial charge >= 0.3 is 0 Å². The standard InChI is InChI=1S/C19H17ClFN3OS/c20-15-3-1-4-16(21)14(15)11-23-9-8-22-18(23)12-24(13-6-7-13)19(25)17-5-2-10-26-17/h1-5,8-10,13H,6-7,11-12H2. The van der Waals surface area contributed by atoms with Crippen molar-refractivity contribution in [2.24, 2.45) is 0 Å². The highest BCUT2D eigenvalue weighted by atomic mass is 35.5. The van der Waals surface area contributed by atoms with Crippen LogP contribution in [0.3, 0.4) is 0 Å². The molecule has 26 heavy (non-hydrogen) atoms. The molecule has 1 aromatic carbocycles. The number of carbonyl (C=O) groups excluding carboxylic acids is 1. The molecular formula is C19H17ClFN3OS. The Morgan fingerprint density at radius 1 is 1.35 bits per heavy atom. The maximum atomic E-state index is 14.1. The summed E-state index contributed by atoms with van der Waals surface area (Å²) in [6.45, 7) is 0.688. The lowest BCUT2D eigenvalue weighted by molar-refractivity contribution is 0.0728. The zero-order valence-corrected chi connectivity index (χ0v) is 15.5. The van der Waals surface area contributed by atoms with Gasteiger partial charge in [-0.05, 0) is 36.4 Å². The summed E-state index contributed by atoms with van der Waals surface area (Å²) in [4.78, 5) is 19.8. The molecule has 1 fully saturated rings.